The molecular formula is C56H35N3S. The maximum Gasteiger partial charge on any atom is 0.153 e. The molecule has 0 radical (unpaired) electrons. The molecule has 2 N–H and O–H groups in total. The van der Waals surface area contributed by atoms with E-state index in [4.69, 9.17) is 4.99 Å². The molecule has 2 aliphatic carbocycles. The van der Waals surface area contributed by atoms with E-state index in [0.717, 1.165) is 33.9 Å². The lowest BCUT2D eigenvalue weighted by Crippen LogP contribution is -2.40. The third kappa shape index (κ3) is 4.59. The molecule has 2 heterocycles. The van der Waals surface area contributed by atoms with Gasteiger partial charge in [-0.05, 0) is 89.7 Å². The summed E-state index contributed by atoms with van der Waals surface area (Å²) in [6.07, 6.45) is 0. The van der Waals surface area contributed by atoms with Crippen molar-refractivity contribution in [3.05, 3.63) is 239 Å². The zero-order valence-electron chi connectivity index (χ0n) is 32.4. The fourth-order valence-corrected chi connectivity index (χ4v) is 11.7. The van der Waals surface area contributed by atoms with Crippen molar-refractivity contribution in [2.75, 3.05) is 0 Å². The molecule has 0 aromatic heterocycles. The van der Waals surface area contributed by atoms with E-state index in [1.165, 1.54) is 87.3 Å². The van der Waals surface area contributed by atoms with Crippen LogP contribution in [-0.2, 0) is 5.41 Å². The van der Waals surface area contributed by atoms with E-state index in [1.807, 2.05) is 11.8 Å². The van der Waals surface area contributed by atoms with Crippen LogP contribution in [0.25, 0.3) is 66.7 Å². The number of benzene rings is 9. The Morgan fingerprint density at radius 1 is 0.367 bits per heavy atom. The lowest BCUT2D eigenvalue weighted by molar-refractivity contribution is 0.722. The molecule has 4 aliphatic rings. The van der Waals surface area contributed by atoms with Crippen molar-refractivity contribution in [2.24, 2.45) is 4.99 Å². The fraction of sp³-hybridized carbons (Fsp3) is 0.0179. The summed E-state index contributed by atoms with van der Waals surface area (Å²) in [7, 11) is 0. The van der Waals surface area contributed by atoms with Gasteiger partial charge >= 0.3 is 0 Å². The monoisotopic (exact) mass is 781 g/mol. The van der Waals surface area contributed by atoms with Crippen molar-refractivity contribution < 1.29 is 0 Å². The summed E-state index contributed by atoms with van der Waals surface area (Å²) in [6.45, 7) is 0. The Kier molecular flexibility index (Phi) is 7.16. The molecule has 2 aliphatic heterocycles. The van der Waals surface area contributed by atoms with Gasteiger partial charge in [0.05, 0.1) is 16.8 Å². The smallest absolute Gasteiger partial charge is 0.153 e. The Bertz CT molecular complexity index is 3270. The van der Waals surface area contributed by atoms with Crippen molar-refractivity contribution >= 4 is 39.8 Å². The second-order valence-corrected chi connectivity index (χ2v) is 17.0. The topological polar surface area (TPSA) is 36.4 Å². The number of hydrogen-bond donors (Lipinski definition) is 2. The number of nitrogens with one attached hydrogen (secondary N) is 2. The van der Waals surface area contributed by atoms with Crippen LogP contribution in [-0.4, -0.2) is 5.84 Å². The molecule has 0 atom stereocenters. The van der Waals surface area contributed by atoms with Crippen LogP contribution in [0.15, 0.2) is 215 Å². The lowest BCUT2D eigenvalue weighted by Gasteiger charge is -2.39. The van der Waals surface area contributed by atoms with Gasteiger partial charge in [0, 0.05) is 26.5 Å². The van der Waals surface area contributed by atoms with Gasteiger partial charge in [-0.2, -0.15) is 0 Å². The molecule has 3 nitrogen and oxygen atoms in total. The largest absolute Gasteiger partial charge is 0.297 e. The number of aliphatic imine (C=N–C) groups is 1. The van der Waals surface area contributed by atoms with Crippen LogP contribution in [0.4, 0.5) is 0 Å². The molecule has 0 fully saturated rings. The molecule has 0 unspecified atom stereocenters. The maximum absolute atomic E-state index is 5.68. The van der Waals surface area contributed by atoms with Crippen molar-refractivity contribution in [2.45, 2.75) is 15.2 Å². The van der Waals surface area contributed by atoms with Crippen LogP contribution in [0.2, 0.25) is 0 Å². The molecule has 280 valence electrons. The quantitative estimate of drug-likeness (QED) is 0.187. The van der Waals surface area contributed by atoms with Gasteiger partial charge < -0.3 is 0 Å². The summed E-state index contributed by atoms with van der Waals surface area (Å²) < 4.78 is 0. The van der Waals surface area contributed by atoms with Crippen LogP contribution < -0.4 is 10.9 Å². The third-order valence-corrected chi connectivity index (χ3v) is 14.1. The van der Waals surface area contributed by atoms with Gasteiger partial charge in [-0.25, -0.2) is 4.99 Å². The van der Waals surface area contributed by atoms with Gasteiger partial charge in [0.2, 0.25) is 0 Å². The highest BCUT2D eigenvalue weighted by Crippen LogP contribution is 2.62. The summed E-state index contributed by atoms with van der Waals surface area (Å²) in [4.78, 5) is 8.27. The van der Waals surface area contributed by atoms with Gasteiger partial charge in [0.25, 0.3) is 0 Å². The summed E-state index contributed by atoms with van der Waals surface area (Å²) in [6, 6.07) is 73.2. The second-order valence-electron chi connectivity index (χ2n) is 15.9. The van der Waals surface area contributed by atoms with E-state index in [2.05, 4.69) is 211 Å². The Balaban J connectivity index is 1.05. The SMILES string of the molecule is c1ccc(-c2ccc(C3=C(c4ccc5c6c(cccc46)-c4ccccc4-5)NNC(c4cccc5c4-c4ccccc4C54c5ccccc5Sc5ccccc54)=N3)cc2)cc1. The first-order valence-electron chi connectivity index (χ1n) is 20.5. The van der Waals surface area contributed by atoms with Gasteiger partial charge in [0.1, 0.15) is 0 Å². The van der Waals surface area contributed by atoms with Crippen molar-refractivity contribution in [3.8, 4) is 44.5 Å². The van der Waals surface area contributed by atoms with Crippen LogP contribution >= 0.6 is 11.8 Å². The number of hydrazine groups is 1. The highest BCUT2D eigenvalue weighted by atomic mass is 32.2. The molecule has 0 amide bonds. The number of fused-ring (bicyclic) bond motifs is 12. The number of hydrogen-bond acceptors (Lipinski definition) is 4. The summed E-state index contributed by atoms with van der Waals surface area (Å²) in [5, 5.41) is 2.49. The van der Waals surface area contributed by atoms with Gasteiger partial charge in [0.15, 0.2) is 5.84 Å². The average molecular weight is 782 g/mol. The Morgan fingerprint density at radius 3 is 1.65 bits per heavy atom. The van der Waals surface area contributed by atoms with Gasteiger partial charge in [-0.3, -0.25) is 10.9 Å². The van der Waals surface area contributed by atoms with E-state index in [9.17, 15) is 0 Å². The number of amidine groups is 1. The third-order valence-electron chi connectivity index (χ3n) is 13.0. The Morgan fingerprint density at radius 2 is 0.900 bits per heavy atom. The zero-order chi connectivity index (χ0) is 39.4. The van der Waals surface area contributed by atoms with E-state index < -0.39 is 5.41 Å². The molecule has 0 saturated heterocycles. The van der Waals surface area contributed by atoms with Crippen molar-refractivity contribution in [1.29, 1.82) is 0 Å². The van der Waals surface area contributed by atoms with Gasteiger partial charge in [-0.1, -0.05) is 200 Å². The van der Waals surface area contributed by atoms with Crippen LogP contribution in [0, 0.1) is 0 Å². The fourth-order valence-electron chi connectivity index (χ4n) is 10.5. The molecule has 9 aromatic rings. The van der Waals surface area contributed by atoms with E-state index in [0.29, 0.717) is 0 Å². The molecule has 9 aromatic carbocycles. The first-order valence-corrected chi connectivity index (χ1v) is 21.4. The van der Waals surface area contributed by atoms with Crippen molar-refractivity contribution in [3.63, 3.8) is 0 Å². The molecule has 60 heavy (non-hydrogen) atoms. The molecule has 0 bridgehead atoms. The van der Waals surface area contributed by atoms with Gasteiger partial charge in [-0.15, -0.1) is 0 Å². The van der Waals surface area contributed by atoms with E-state index in [1.54, 1.807) is 0 Å². The normalized spacial score (nSPS) is 14.7. The molecule has 0 saturated carbocycles. The second kappa shape index (κ2) is 12.8. The lowest BCUT2D eigenvalue weighted by atomic mass is 9.67. The van der Waals surface area contributed by atoms with Crippen LogP contribution in [0.3, 0.4) is 0 Å². The molecule has 13 rings (SSSR count). The number of rotatable bonds is 4. The Hall–Kier alpha value is -7.40. The molecular weight excluding hydrogens is 747 g/mol. The zero-order valence-corrected chi connectivity index (χ0v) is 33.2. The Labute approximate surface area is 352 Å². The standard InChI is InChI=1S/C56H35N3S/c1-2-14-34(15-3-1)35-28-30-36(31-29-35)53-54(42-33-32-41-38-17-5-4-16-37(38)39-19-12-20-40(42)51(39)41)58-59-55(57-53)44-21-13-25-48-52(44)43-18-6-7-22-45(43)56(48)46-23-8-10-26-49(46)60-50-27-11-9-24-47(50)56/h1-33,58H,(H,57,59). The predicted molar refractivity (Wildman–Crippen MR) is 248 cm³/mol. The van der Waals surface area contributed by atoms with E-state index >= 15 is 0 Å². The minimum Gasteiger partial charge on any atom is -0.297 e. The number of nitrogens with zero attached hydrogens (tertiary/aromatic N) is 1. The van der Waals surface area contributed by atoms with Crippen LogP contribution in [0.1, 0.15) is 38.9 Å². The highest BCUT2D eigenvalue weighted by molar-refractivity contribution is 7.99. The summed E-state index contributed by atoms with van der Waals surface area (Å²) in [5.74, 6) is 0.787. The predicted octanol–water partition coefficient (Wildman–Crippen LogP) is 13.4. The highest BCUT2D eigenvalue weighted by Gasteiger charge is 2.51. The summed E-state index contributed by atoms with van der Waals surface area (Å²) in [5.41, 5.74) is 27.2. The first kappa shape index (κ1) is 33.6. The first-order chi connectivity index (χ1) is 29.8. The summed E-state index contributed by atoms with van der Waals surface area (Å²) >= 11 is 1.87. The minimum absolute atomic E-state index is 0.470. The minimum atomic E-state index is -0.470. The molecule has 4 heteroatoms. The maximum atomic E-state index is 5.68. The average Bonchev–Trinajstić information content (AvgIpc) is 3.81. The molecule has 1 spiro atoms. The van der Waals surface area contributed by atoms with Crippen LogP contribution in [0.5, 0.6) is 0 Å². The van der Waals surface area contributed by atoms with Crippen molar-refractivity contribution in [1.82, 2.24) is 10.9 Å². The van der Waals surface area contributed by atoms with E-state index in [-0.39, 0.29) is 0 Å².